The number of hydrogen-bond acceptors (Lipinski definition) is 1. The molecule has 1 rings (SSSR count). The Morgan fingerprint density at radius 2 is 1.71 bits per heavy atom. The second kappa shape index (κ2) is 5.40. The zero-order chi connectivity index (χ0) is 12.8. The van der Waals surface area contributed by atoms with Crippen molar-refractivity contribution < 1.29 is 32.7 Å². The van der Waals surface area contributed by atoms with Crippen LogP contribution in [0.1, 0.15) is 48.5 Å². The molecule has 1 aliphatic rings. The van der Waals surface area contributed by atoms with Crippen LogP contribution in [-0.4, -0.2) is 34.6 Å². The summed E-state index contributed by atoms with van der Waals surface area (Å²) in [7, 11) is 0. The fourth-order valence-electron chi connectivity index (χ4n) is 2.33. The Kier molecular flexibility index (Phi) is 5.65. The largest absolute Gasteiger partial charge is 0.655 e. The summed E-state index contributed by atoms with van der Waals surface area (Å²) >= 11 is 0. The van der Waals surface area contributed by atoms with Crippen LogP contribution in [0.15, 0.2) is 12.2 Å². The minimum Gasteiger partial charge on any atom is -0.655 e. The summed E-state index contributed by atoms with van der Waals surface area (Å²) in [6.07, 6.45) is 0. The Labute approximate surface area is 132 Å². The molecule has 97 valence electrons. The summed E-state index contributed by atoms with van der Waals surface area (Å²) < 4.78 is 0. The van der Waals surface area contributed by atoms with Crippen molar-refractivity contribution in [3.63, 3.8) is 0 Å². The molecule has 0 aromatic heterocycles. The van der Waals surface area contributed by atoms with Gasteiger partial charge in [-0.1, -0.05) is 26.0 Å². The maximum absolute atomic E-state index is 4.77. The molecule has 3 heteroatoms. The van der Waals surface area contributed by atoms with E-state index in [0.717, 1.165) is 13.1 Å². The Morgan fingerprint density at radius 3 is 2.12 bits per heavy atom. The first-order valence-electron chi connectivity index (χ1n) is 6.11. The molecule has 0 N–H and O–H groups in total. The van der Waals surface area contributed by atoms with E-state index in [1.165, 1.54) is 5.57 Å². The summed E-state index contributed by atoms with van der Waals surface area (Å²) in [5.41, 5.74) is 1.44. The molecule has 0 unspecified atom stereocenters. The van der Waals surface area contributed by atoms with Gasteiger partial charge in [0, 0.05) is 38.2 Å². The third-order valence-corrected chi connectivity index (χ3v) is 3.89. The fourth-order valence-corrected chi connectivity index (χ4v) is 2.33. The third-order valence-electron chi connectivity index (χ3n) is 3.89. The van der Waals surface area contributed by atoms with E-state index in [9.17, 15) is 0 Å². The molecule has 0 atom stereocenters. The first kappa shape index (κ1) is 17.8. The Morgan fingerprint density at radius 1 is 1.24 bits per heavy atom. The van der Waals surface area contributed by atoms with E-state index in [4.69, 9.17) is 5.32 Å². The average Bonchev–Trinajstić information content (AvgIpc) is 2.09. The van der Waals surface area contributed by atoms with E-state index < -0.39 is 0 Å². The van der Waals surface area contributed by atoms with Gasteiger partial charge in [0.25, 0.3) is 0 Å². The maximum atomic E-state index is 4.77. The Balaban J connectivity index is 0.00000256. The predicted octanol–water partition coefficient (Wildman–Crippen LogP) is 3.59. The van der Waals surface area contributed by atoms with Crippen molar-refractivity contribution >= 4 is 0 Å². The van der Waals surface area contributed by atoms with E-state index in [1.54, 1.807) is 0 Å². The molecule has 1 heterocycles. The summed E-state index contributed by atoms with van der Waals surface area (Å²) in [6, 6.07) is 0. The molecule has 1 fully saturated rings. The molecule has 0 aliphatic carbocycles. The summed E-state index contributed by atoms with van der Waals surface area (Å²) in [5.74, 6) is 0. The molecular weight excluding hydrogens is 285 g/mol. The first-order valence-corrected chi connectivity index (χ1v) is 6.11. The number of nitrogens with zero attached hydrogens (tertiary/aromatic N) is 2. The van der Waals surface area contributed by atoms with Crippen LogP contribution in [0.2, 0.25) is 0 Å². The SMILES string of the molecule is C=C(C)C(C)(C)N1CC(C)(C)[N-]CC1(C)C.[Y]. The second-order valence-corrected chi connectivity index (χ2v) is 6.87. The first-order chi connectivity index (χ1) is 6.99. The number of rotatable bonds is 2. The van der Waals surface area contributed by atoms with Crippen molar-refractivity contribution in [2.24, 2.45) is 0 Å². The van der Waals surface area contributed by atoms with Gasteiger partial charge in [0.15, 0.2) is 0 Å². The molecule has 0 aromatic rings. The smallest absolute Gasteiger partial charge is 0.0362 e. The number of hydrogen-bond donors (Lipinski definition) is 0. The molecule has 2 nitrogen and oxygen atoms in total. The van der Waals surface area contributed by atoms with Crippen LogP contribution in [0, 0.1) is 0 Å². The average molecular weight is 312 g/mol. The minimum atomic E-state index is 0. The molecule has 1 aliphatic heterocycles. The summed E-state index contributed by atoms with van der Waals surface area (Å²) in [6.45, 7) is 21.7. The Hall–Kier alpha value is 0.764. The van der Waals surface area contributed by atoms with Gasteiger partial charge in [0.1, 0.15) is 0 Å². The fraction of sp³-hybridized carbons (Fsp3) is 0.857. The second-order valence-electron chi connectivity index (χ2n) is 6.87. The molecule has 1 saturated heterocycles. The molecule has 17 heavy (non-hydrogen) atoms. The van der Waals surface area contributed by atoms with Crippen LogP contribution in [0.25, 0.3) is 5.32 Å². The molecule has 0 spiro atoms. The molecule has 1 radical (unpaired) electrons. The third kappa shape index (κ3) is 3.86. The zero-order valence-electron chi connectivity index (χ0n) is 12.6. The van der Waals surface area contributed by atoms with Crippen LogP contribution < -0.4 is 0 Å². The van der Waals surface area contributed by atoms with Crippen molar-refractivity contribution in [2.45, 2.75) is 65.1 Å². The molecule has 0 aromatic carbocycles. The zero-order valence-corrected chi connectivity index (χ0v) is 15.4. The van der Waals surface area contributed by atoms with Gasteiger partial charge >= 0.3 is 0 Å². The van der Waals surface area contributed by atoms with Crippen molar-refractivity contribution in [3.05, 3.63) is 17.5 Å². The quantitative estimate of drug-likeness (QED) is 0.712. The van der Waals surface area contributed by atoms with E-state index in [-0.39, 0.29) is 49.3 Å². The molecule has 0 saturated carbocycles. The van der Waals surface area contributed by atoms with E-state index >= 15 is 0 Å². The maximum Gasteiger partial charge on any atom is 0.0362 e. The molecular formula is C14H27N2Y-. The van der Waals surface area contributed by atoms with E-state index in [0.29, 0.717) is 0 Å². The van der Waals surface area contributed by atoms with Crippen LogP contribution in [0.4, 0.5) is 0 Å². The van der Waals surface area contributed by atoms with Crippen molar-refractivity contribution in [1.29, 1.82) is 0 Å². The van der Waals surface area contributed by atoms with Gasteiger partial charge in [-0.3, -0.25) is 4.90 Å². The Bertz CT molecular complexity index is 293. The van der Waals surface area contributed by atoms with Gasteiger partial charge in [0.2, 0.25) is 0 Å². The van der Waals surface area contributed by atoms with Crippen molar-refractivity contribution in [3.8, 4) is 0 Å². The monoisotopic (exact) mass is 312 g/mol. The minimum absolute atomic E-state index is 0. The topological polar surface area (TPSA) is 17.3 Å². The predicted molar refractivity (Wildman–Crippen MR) is 72.0 cm³/mol. The van der Waals surface area contributed by atoms with Crippen molar-refractivity contribution in [2.75, 3.05) is 13.1 Å². The summed E-state index contributed by atoms with van der Waals surface area (Å²) in [5, 5.41) is 4.77. The van der Waals surface area contributed by atoms with Crippen LogP contribution in [0.3, 0.4) is 0 Å². The van der Waals surface area contributed by atoms with Gasteiger partial charge in [-0.15, -0.1) is 12.1 Å². The number of piperazine rings is 1. The normalized spacial score (nSPS) is 23.9. The van der Waals surface area contributed by atoms with Crippen LogP contribution in [0.5, 0.6) is 0 Å². The van der Waals surface area contributed by atoms with E-state index in [2.05, 4.69) is 59.9 Å². The van der Waals surface area contributed by atoms with Gasteiger partial charge < -0.3 is 5.32 Å². The van der Waals surface area contributed by atoms with Crippen LogP contribution >= 0.6 is 0 Å². The van der Waals surface area contributed by atoms with Gasteiger partial charge in [-0.25, -0.2) is 0 Å². The molecule has 0 amide bonds. The van der Waals surface area contributed by atoms with Crippen molar-refractivity contribution in [1.82, 2.24) is 4.90 Å². The van der Waals surface area contributed by atoms with Gasteiger partial charge in [0.05, 0.1) is 0 Å². The standard InChI is InChI=1S/C14H27N2.Y/c1-11(2)14(7,8)16-10-12(3,4)15-9-13(16,5)6;/h1,9-10H2,2-8H3;/q-1;. The molecule has 0 bridgehead atoms. The van der Waals surface area contributed by atoms with Crippen LogP contribution in [-0.2, 0) is 32.7 Å². The van der Waals surface area contributed by atoms with Gasteiger partial charge in [-0.2, -0.15) is 0 Å². The summed E-state index contributed by atoms with van der Waals surface area (Å²) in [4.78, 5) is 2.55. The van der Waals surface area contributed by atoms with E-state index in [1.807, 2.05) is 0 Å². The van der Waals surface area contributed by atoms with Gasteiger partial charge in [-0.05, 0) is 46.7 Å².